The maximum Gasteiger partial charge on any atom is 0.251 e. The predicted octanol–water partition coefficient (Wildman–Crippen LogP) is 2.77. The fourth-order valence-corrected chi connectivity index (χ4v) is 2.20. The molecule has 2 aromatic carbocycles. The summed E-state index contributed by atoms with van der Waals surface area (Å²) >= 11 is 0. The lowest BCUT2D eigenvalue weighted by molar-refractivity contribution is 0.0952. The summed E-state index contributed by atoms with van der Waals surface area (Å²) in [5.41, 5.74) is 1.63. The van der Waals surface area contributed by atoms with Crippen molar-refractivity contribution in [1.29, 1.82) is 0 Å². The quantitative estimate of drug-likeness (QED) is 0.771. The number of phenols is 1. The van der Waals surface area contributed by atoms with Crippen molar-refractivity contribution in [2.75, 3.05) is 20.8 Å². The zero-order valence-corrected chi connectivity index (χ0v) is 13.3. The zero-order valence-electron chi connectivity index (χ0n) is 13.3. The van der Waals surface area contributed by atoms with Gasteiger partial charge >= 0.3 is 0 Å². The van der Waals surface area contributed by atoms with Gasteiger partial charge in [-0.15, -0.1) is 0 Å². The average Bonchev–Trinajstić information content (AvgIpc) is 2.59. The Labute approximate surface area is 135 Å². The van der Waals surface area contributed by atoms with Gasteiger partial charge in [-0.05, 0) is 42.7 Å². The number of carbonyl (C=O) groups excluding carboxylic acids is 1. The van der Waals surface area contributed by atoms with Crippen LogP contribution in [0.15, 0.2) is 42.5 Å². The van der Waals surface area contributed by atoms with Gasteiger partial charge in [0.15, 0.2) is 0 Å². The largest absolute Gasteiger partial charge is 0.508 e. The van der Waals surface area contributed by atoms with Gasteiger partial charge < -0.3 is 19.9 Å². The van der Waals surface area contributed by atoms with Gasteiger partial charge in [0.05, 0.1) is 14.2 Å². The van der Waals surface area contributed by atoms with Crippen molar-refractivity contribution in [2.24, 2.45) is 0 Å². The van der Waals surface area contributed by atoms with Crippen LogP contribution in [-0.4, -0.2) is 31.8 Å². The van der Waals surface area contributed by atoms with E-state index in [0.29, 0.717) is 23.6 Å². The number of aryl methyl sites for hydroxylation is 1. The molecule has 5 heteroatoms. The number of hydrogen-bond acceptors (Lipinski definition) is 4. The van der Waals surface area contributed by atoms with Crippen LogP contribution in [0.5, 0.6) is 17.2 Å². The lowest BCUT2D eigenvalue weighted by Gasteiger charge is -2.09. The molecule has 0 saturated carbocycles. The van der Waals surface area contributed by atoms with Crippen LogP contribution in [-0.2, 0) is 6.42 Å². The second kappa shape index (κ2) is 8.08. The van der Waals surface area contributed by atoms with Gasteiger partial charge in [-0.2, -0.15) is 0 Å². The highest BCUT2D eigenvalue weighted by Crippen LogP contribution is 2.22. The number of ether oxygens (including phenoxy) is 2. The van der Waals surface area contributed by atoms with Gasteiger partial charge in [-0.3, -0.25) is 4.79 Å². The van der Waals surface area contributed by atoms with Crippen LogP contribution in [0.4, 0.5) is 0 Å². The van der Waals surface area contributed by atoms with E-state index < -0.39 is 0 Å². The van der Waals surface area contributed by atoms with Gasteiger partial charge in [-0.1, -0.05) is 12.1 Å². The highest BCUT2D eigenvalue weighted by molar-refractivity contribution is 5.95. The third-order valence-corrected chi connectivity index (χ3v) is 3.48. The van der Waals surface area contributed by atoms with Crippen LogP contribution in [0.1, 0.15) is 22.3 Å². The van der Waals surface area contributed by atoms with Crippen molar-refractivity contribution < 1.29 is 19.4 Å². The Morgan fingerprint density at radius 2 is 1.65 bits per heavy atom. The molecule has 0 unspecified atom stereocenters. The first-order chi connectivity index (χ1) is 11.1. The number of phenolic OH excluding ortho intramolecular Hbond substituents is 1. The number of rotatable bonds is 7. The lowest BCUT2D eigenvalue weighted by Crippen LogP contribution is -2.24. The summed E-state index contributed by atoms with van der Waals surface area (Å²) in [5, 5.41) is 12.1. The van der Waals surface area contributed by atoms with Crippen LogP contribution in [0.25, 0.3) is 0 Å². The first kappa shape index (κ1) is 16.7. The summed E-state index contributed by atoms with van der Waals surface area (Å²) in [6.07, 6.45) is 1.65. The smallest absolute Gasteiger partial charge is 0.251 e. The SMILES string of the molecule is COc1cc(OC)cc(C(=O)NCCCc2ccc(O)cc2)c1. The van der Waals surface area contributed by atoms with E-state index in [1.807, 2.05) is 12.1 Å². The maximum absolute atomic E-state index is 12.2. The van der Waals surface area contributed by atoms with E-state index in [-0.39, 0.29) is 11.7 Å². The Balaban J connectivity index is 1.86. The topological polar surface area (TPSA) is 67.8 Å². The summed E-state index contributed by atoms with van der Waals surface area (Å²) in [6.45, 7) is 0.569. The molecular formula is C18H21NO4. The fraction of sp³-hybridized carbons (Fsp3) is 0.278. The molecule has 23 heavy (non-hydrogen) atoms. The highest BCUT2D eigenvalue weighted by atomic mass is 16.5. The van der Waals surface area contributed by atoms with Crippen LogP contribution < -0.4 is 14.8 Å². The third kappa shape index (κ3) is 4.92. The van der Waals surface area contributed by atoms with Gasteiger partial charge in [0.1, 0.15) is 17.2 Å². The van der Waals surface area contributed by atoms with E-state index in [4.69, 9.17) is 9.47 Å². The van der Waals surface area contributed by atoms with Crippen LogP contribution in [0.2, 0.25) is 0 Å². The molecule has 122 valence electrons. The van der Waals surface area contributed by atoms with Crippen molar-refractivity contribution in [3.63, 3.8) is 0 Å². The van der Waals surface area contributed by atoms with Gasteiger partial charge in [0, 0.05) is 18.2 Å². The molecule has 2 aromatic rings. The van der Waals surface area contributed by atoms with Crippen molar-refractivity contribution in [1.82, 2.24) is 5.32 Å². The predicted molar refractivity (Wildman–Crippen MR) is 88.3 cm³/mol. The molecule has 0 aromatic heterocycles. The van der Waals surface area contributed by atoms with Crippen LogP contribution in [0.3, 0.4) is 0 Å². The van der Waals surface area contributed by atoms with Crippen LogP contribution >= 0.6 is 0 Å². The summed E-state index contributed by atoms with van der Waals surface area (Å²) in [5.74, 6) is 1.26. The van der Waals surface area contributed by atoms with E-state index >= 15 is 0 Å². The van der Waals surface area contributed by atoms with E-state index in [2.05, 4.69) is 5.32 Å². The number of amides is 1. The zero-order chi connectivity index (χ0) is 16.7. The molecule has 0 saturated heterocycles. The first-order valence-corrected chi connectivity index (χ1v) is 7.41. The minimum absolute atomic E-state index is 0.159. The number of carbonyl (C=O) groups is 1. The molecule has 0 fully saturated rings. The van der Waals surface area contributed by atoms with Gasteiger partial charge in [-0.25, -0.2) is 0 Å². The minimum Gasteiger partial charge on any atom is -0.508 e. The van der Waals surface area contributed by atoms with Gasteiger partial charge in [0.2, 0.25) is 0 Å². The van der Waals surface area contributed by atoms with Crippen LogP contribution in [0, 0.1) is 0 Å². The molecule has 0 aliphatic heterocycles. The second-order valence-electron chi connectivity index (χ2n) is 5.13. The molecule has 2 N–H and O–H groups in total. The third-order valence-electron chi connectivity index (χ3n) is 3.48. The molecular weight excluding hydrogens is 294 g/mol. The molecule has 0 aliphatic rings. The molecule has 0 aliphatic carbocycles. The van der Waals surface area contributed by atoms with Crippen molar-refractivity contribution in [3.8, 4) is 17.2 Å². The molecule has 0 radical (unpaired) electrons. The average molecular weight is 315 g/mol. The standard InChI is InChI=1S/C18H21NO4/c1-22-16-10-14(11-17(12-16)23-2)18(21)19-9-3-4-13-5-7-15(20)8-6-13/h5-8,10-12,20H,3-4,9H2,1-2H3,(H,19,21). The Hall–Kier alpha value is -2.69. The maximum atomic E-state index is 12.2. The monoisotopic (exact) mass is 315 g/mol. The van der Waals surface area contributed by atoms with E-state index in [9.17, 15) is 9.90 Å². The molecule has 0 heterocycles. The molecule has 0 atom stereocenters. The normalized spacial score (nSPS) is 10.2. The summed E-state index contributed by atoms with van der Waals surface area (Å²) in [4.78, 5) is 12.2. The molecule has 0 bridgehead atoms. The molecule has 5 nitrogen and oxygen atoms in total. The fourth-order valence-electron chi connectivity index (χ4n) is 2.20. The van der Waals surface area contributed by atoms with E-state index in [1.165, 1.54) is 0 Å². The number of methoxy groups -OCH3 is 2. The second-order valence-corrected chi connectivity index (χ2v) is 5.13. The molecule has 1 amide bonds. The Morgan fingerprint density at radius 1 is 1.04 bits per heavy atom. The lowest BCUT2D eigenvalue weighted by atomic mass is 10.1. The highest BCUT2D eigenvalue weighted by Gasteiger charge is 2.09. The Kier molecular flexibility index (Phi) is 5.86. The number of hydrogen-bond donors (Lipinski definition) is 2. The van der Waals surface area contributed by atoms with Crippen molar-refractivity contribution >= 4 is 5.91 Å². The molecule has 2 rings (SSSR count). The summed E-state index contributed by atoms with van der Waals surface area (Å²) < 4.78 is 10.3. The Morgan fingerprint density at radius 3 is 2.22 bits per heavy atom. The number of benzene rings is 2. The molecule has 0 spiro atoms. The van der Waals surface area contributed by atoms with E-state index in [1.54, 1.807) is 44.6 Å². The summed E-state index contributed by atoms with van der Waals surface area (Å²) in [7, 11) is 3.10. The first-order valence-electron chi connectivity index (χ1n) is 7.41. The minimum atomic E-state index is -0.159. The van der Waals surface area contributed by atoms with Crippen molar-refractivity contribution in [3.05, 3.63) is 53.6 Å². The number of aromatic hydroxyl groups is 1. The Bertz CT molecular complexity index is 630. The summed E-state index contributed by atoms with van der Waals surface area (Å²) in [6, 6.07) is 12.2. The van der Waals surface area contributed by atoms with E-state index in [0.717, 1.165) is 18.4 Å². The van der Waals surface area contributed by atoms with Crippen molar-refractivity contribution in [2.45, 2.75) is 12.8 Å². The van der Waals surface area contributed by atoms with Gasteiger partial charge in [0.25, 0.3) is 5.91 Å². The number of nitrogens with one attached hydrogen (secondary N) is 1.